The van der Waals surface area contributed by atoms with Gasteiger partial charge in [-0.1, -0.05) is 6.07 Å². The second kappa shape index (κ2) is 5.82. The van der Waals surface area contributed by atoms with Crippen LogP contribution in [-0.2, 0) is 14.8 Å². The molecule has 1 heterocycles. The highest BCUT2D eigenvalue weighted by Crippen LogP contribution is 2.25. The molecule has 0 atom stereocenters. The van der Waals surface area contributed by atoms with Gasteiger partial charge in [-0.15, -0.1) is 11.3 Å². The second-order valence-electron chi connectivity index (χ2n) is 4.18. The normalized spacial score (nSPS) is 11.2. The van der Waals surface area contributed by atoms with Crippen LogP contribution in [-0.4, -0.2) is 21.5 Å². The number of hydrogen-bond donors (Lipinski definition) is 1. The van der Waals surface area contributed by atoms with Gasteiger partial charge in [0, 0.05) is 0 Å². The van der Waals surface area contributed by atoms with Crippen LogP contribution < -0.4 is 4.72 Å². The molecule has 0 aliphatic rings. The number of rotatable bonds is 4. The summed E-state index contributed by atoms with van der Waals surface area (Å²) in [5.41, 5.74) is 0.490. The van der Waals surface area contributed by atoms with Crippen LogP contribution in [0.1, 0.15) is 15.2 Å². The number of thiophene rings is 1. The summed E-state index contributed by atoms with van der Waals surface area (Å²) in [6, 6.07) is 5.28. The van der Waals surface area contributed by atoms with E-state index in [1.807, 2.05) is 0 Å². The third-order valence-electron chi connectivity index (χ3n) is 2.71. The first-order valence-electron chi connectivity index (χ1n) is 5.80. The van der Waals surface area contributed by atoms with Gasteiger partial charge in [0.25, 0.3) is 10.0 Å². The van der Waals surface area contributed by atoms with Gasteiger partial charge in [-0.05, 0) is 36.1 Å². The van der Waals surface area contributed by atoms with E-state index in [1.165, 1.54) is 30.7 Å². The van der Waals surface area contributed by atoms with Gasteiger partial charge in [0.05, 0.1) is 12.8 Å². The van der Waals surface area contributed by atoms with Crippen molar-refractivity contribution in [1.29, 1.82) is 0 Å². The maximum atomic E-state index is 13.5. The molecule has 1 N–H and O–H groups in total. The lowest BCUT2D eigenvalue weighted by atomic mass is 10.2. The summed E-state index contributed by atoms with van der Waals surface area (Å²) in [6.45, 7) is 1.57. The number of aryl methyl sites for hydroxylation is 1. The van der Waals surface area contributed by atoms with Crippen LogP contribution in [0.4, 0.5) is 10.1 Å². The molecule has 0 spiro atoms. The van der Waals surface area contributed by atoms with Gasteiger partial charge in [-0.3, -0.25) is 4.72 Å². The standard InChI is InChI=1S/C13H12FNO4S2/c1-8-3-4-9(7-10(8)14)15-21(17,18)11-5-6-20-12(11)13(16)19-2/h3-7,15H,1-2H3. The minimum Gasteiger partial charge on any atom is -0.465 e. The second-order valence-corrected chi connectivity index (χ2v) is 6.74. The number of methoxy groups -OCH3 is 1. The molecule has 21 heavy (non-hydrogen) atoms. The molecular formula is C13H12FNO4S2. The zero-order valence-electron chi connectivity index (χ0n) is 11.2. The molecule has 0 aliphatic carbocycles. The summed E-state index contributed by atoms with van der Waals surface area (Å²) in [6.07, 6.45) is 0. The van der Waals surface area contributed by atoms with E-state index >= 15 is 0 Å². The maximum absolute atomic E-state index is 13.5. The Morgan fingerprint density at radius 1 is 1.33 bits per heavy atom. The van der Waals surface area contributed by atoms with Gasteiger partial charge in [0.2, 0.25) is 0 Å². The molecule has 0 bridgehead atoms. The summed E-state index contributed by atoms with van der Waals surface area (Å²) in [7, 11) is -2.82. The van der Waals surface area contributed by atoms with Crippen LogP contribution in [0.15, 0.2) is 34.5 Å². The van der Waals surface area contributed by atoms with Crippen LogP contribution >= 0.6 is 11.3 Å². The van der Waals surface area contributed by atoms with Crippen molar-refractivity contribution in [3.8, 4) is 0 Å². The van der Waals surface area contributed by atoms with Gasteiger partial charge >= 0.3 is 5.97 Å². The highest BCUT2D eigenvalue weighted by molar-refractivity contribution is 7.93. The predicted octanol–water partition coefficient (Wildman–Crippen LogP) is 2.78. The zero-order chi connectivity index (χ0) is 15.6. The summed E-state index contributed by atoms with van der Waals surface area (Å²) in [5, 5.41) is 1.47. The topological polar surface area (TPSA) is 72.5 Å². The van der Waals surface area contributed by atoms with Crippen LogP contribution in [0, 0.1) is 12.7 Å². The molecule has 0 aliphatic heterocycles. The molecule has 0 amide bonds. The van der Waals surface area contributed by atoms with Crippen molar-refractivity contribution in [1.82, 2.24) is 0 Å². The van der Waals surface area contributed by atoms with Crippen molar-refractivity contribution in [2.24, 2.45) is 0 Å². The summed E-state index contributed by atoms with van der Waals surface area (Å²) < 4.78 is 44.8. The van der Waals surface area contributed by atoms with Crippen LogP contribution in [0.3, 0.4) is 0 Å². The summed E-state index contributed by atoms with van der Waals surface area (Å²) >= 11 is 0.957. The molecule has 1 aromatic carbocycles. The third kappa shape index (κ3) is 3.22. The Labute approximate surface area is 125 Å². The Balaban J connectivity index is 2.37. The van der Waals surface area contributed by atoms with Crippen LogP contribution in [0.2, 0.25) is 0 Å². The number of benzene rings is 1. The van der Waals surface area contributed by atoms with Crippen molar-refractivity contribution in [2.45, 2.75) is 11.8 Å². The average Bonchev–Trinajstić information content (AvgIpc) is 2.92. The lowest BCUT2D eigenvalue weighted by Gasteiger charge is -2.09. The van der Waals surface area contributed by atoms with Crippen molar-refractivity contribution < 1.29 is 22.3 Å². The Morgan fingerprint density at radius 3 is 2.67 bits per heavy atom. The number of carbonyl (C=O) groups is 1. The molecule has 112 valence electrons. The Bertz CT molecular complexity index is 783. The average molecular weight is 329 g/mol. The van der Waals surface area contributed by atoms with E-state index in [-0.39, 0.29) is 15.5 Å². The van der Waals surface area contributed by atoms with E-state index in [0.717, 1.165) is 17.4 Å². The van der Waals surface area contributed by atoms with Crippen molar-refractivity contribution in [3.05, 3.63) is 45.9 Å². The highest BCUT2D eigenvalue weighted by atomic mass is 32.2. The Morgan fingerprint density at radius 2 is 2.05 bits per heavy atom. The SMILES string of the molecule is COC(=O)c1sccc1S(=O)(=O)Nc1ccc(C)c(F)c1. The fourth-order valence-corrected chi connectivity index (χ4v) is 4.00. The zero-order valence-corrected chi connectivity index (χ0v) is 12.8. The van der Waals surface area contributed by atoms with E-state index in [2.05, 4.69) is 9.46 Å². The fraction of sp³-hybridized carbons (Fsp3) is 0.154. The molecule has 0 saturated heterocycles. The van der Waals surface area contributed by atoms with Gasteiger partial charge in [-0.25, -0.2) is 17.6 Å². The number of esters is 1. The van der Waals surface area contributed by atoms with E-state index < -0.39 is 21.8 Å². The Kier molecular flexibility index (Phi) is 4.29. The number of sulfonamides is 1. The summed E-state index contributed by atoms with van der Waals surface area (Å²) in [5.74, 6) is -1.26. The molecule has 0 unspecified atom stereocenters. The van der Waals surface area contributed by atoms with Crippen molar-refractivity contribution in [2.75, 3.05) is 11.8 Å². The maximum Gasteiger partial charge on any atom is 0.349 e. The minimum atomic E-state index is -3.99. The summed E-state index contributed by atoms with van der Waals surface area (Å²) in [4.78, 5) is 11.3. The largest absolute Gasteiger partial charge is 0.465 e. The molecule has 0 fully saturated rings. The van der Waals surface area contributed by atoms with Crippen molar-refractivity contribution in [3.63, 3.8) is 0 Å². The van der Waals surface area contributed by atoms with Gasteiger partial charge in [0.15, 0.2) is 0 Å². The molecule has 8 heteroatoms. The molecule has 0 radical (unpaired) electrons. The van der Waals surface area contributed by atoms with Gasteiger partial charge < -0.3 is 4.74 Å². The van der Waals surface area contributed by atoms with Crippen LogP contribution in [0.5, 0.6) is 0 Å². The number of nitrogens with one attached hydrogen (secondary N) is 1. The predicted molar refractivity (Wildman–Crippen MR) is 77.6 cm³/mol. The van der Waals surface area contributed by atoms with E-state index in [1.54, 1.807) is 6.92 Å². The number of ether oxygens (including phenoxy) is 1. The highest BCUT2D eigenvalue weighted by Gasteiger charge is 2.24. The number of hydrogen-bond acceptors (Lipinski definition) is 5. The van der Waals surface area contributed by atoms with Gasteiger partial charge in [-0.2, -0.15) is 0 Å². The first kappa shape index (κ1) is 15.5. The van der Waals surface area contributed by atoms with Gasteiger partial charge in [0.1, 0.15) is 15.6 Å². The lowest BCUT2D eigenvalue weighted by molar-refractivity contribution is 0.0602. The lowest BCUT2D eigenvalue weighted by Crippen LogP contribution is -2.15. The van der Waals surface area contributed by atoms with Crippen molar-refractivity contribution >= 4 is 33.0 Å². The van der Waals surface area contributed by atoms with E-state index in [0.29, 0.717) is 5.56 Å². The minimum absolute atomic E-state index is 0.0300. The Hall–Kier alpha value is -1.93. The molecule has 0 saturated carbocycles. The van der Waals surface area contributed by atoms with E-state index in [4.69, 9.17) is 0 Å². The quantitative estimate of drug-likeness (QED) is 0.876. The third-order valence-corrected chi connectivity index (χ3v) is 5.16. The number of anilines is 1. The van der Waals surface area contributed by atoms with E-state index in [9.17, 15) is 17.6 Å². The fourth-order valence-electron chi connectivity index (χ4n) is 1.62. The first-order chi connectivity index (χ1) is 9.85. The number of halogens is 1. The first-order valence-corrected chi connectivity index (χ1v) is 8.16. The smallest absolute Gasteiger partial charge is 0.349 e. The molecule has 2 rings (SSSR count). The monoisotopic (exact) mass is 329 g/mol. The molecule has 1 aromatic heterocycles. The number of carbonyl (C=O) groups excluding carboxylic acids is 1. The molecule has 2 aromatic rings. The van der Waals surface area contributed by atoms with Crippen LogP contribution in [0.25, 0.3) is 0 Å². The molecule has 5 nitrogen and oxygen atoms in total. The molecular weight excluding hydrogens is 317 g/mol.